The molecule has 0 spiro atoms. The second-order valence-electron chi connectivity index (χ2n) is 7.15. The van der Waals surface area contributed by atoms with Crippen LogP contribution in [0.15, 0.2) is 65.1 Å². The maximum absolute atomic E-state index is 12.7. The molecule has 0 aliphatic heterocycles. The largest absolute Gasteiger partial charge is 0.462 e. The number of halogens is 1. The molecule has 174 valence electrons. The number of carbonyl (C=O) groups is 2. The number of thiophene rings is 1. The fourth-order valence-corrected chi connectivity index (χ4v) is 5.08. The maximum atomic E-state index is 12.7. The van der Waals surface area contributed by atoms with E-state index in [1.165, 1.54) is 23.1 Å². The summed E-state index contributed by atoms with van der Waals surface area (Å²) in [5.41, 5.74) is 2.85. The van der Waals surface area contributed by atoms with Crippen molar-refractivity contribution in [3.8, 4) is 22.5 Å². The van der Waals surface area contributed by atoms with E-state index in [1.54, 1.807) is 19.1 Å². The standard InChI is InChI=1S/C24H21ClN4O3S2/c1-3-32-23(31)20-18(15-7-5-4-6-8-15)13-33-22(20)26-19(30)14-34-24-28-27-21(29(24)2)16-9-11-17(25)12-10-16/h4-13H,3,14H2,1-2H3,(H,26,30). The number of amides is 1. The average Bonchev–Trinajstić information content (AvgIpc) is 3.42. The van der Waals surface area contributed by atoms with E-state index in [2.05, 4.69) is 15.5 Å². The van der Waals surface area contributed by atoms with E-state index in [0.29, 0.717) is 26.6 Å². The molecule has 0 aliphatic rings. The van der Waals surface area contributed by atoms with Crippen molar-refractivity contribution in [3.63, 3.8) is 0 Å². The second kappa shape index (κ2) is 10.9. The second-order valence-corrected chi connectivity index (χ2v) is 9.41. The van der Waals surface area contributed by atoms with Gasteiger partial charge in [-0.15, -0.1) is 21.5 Å². The first-order chi connectivity index (χ1) is 16.5. The molecule has 0 atom stereocenters. The summed E-state index contributed by atoms with van der Waals surface area (Å²) < 4.78 is 7.07. The summed E-state index contributed by atoms with van der Waals surface area (Å²) in [5, 5.41) is 14.8. The van der Waals surface area contributed by atoms with E-state index in [9.17, 15) is 9.59 Å². The van der Waals surface area contributed by atoms with Gasteiger partial charge in [-0.1, -0.05) is 53.7 Å². The van der Waals surface area contributed by atoms with E-state index in [0.717, 1.165) is 16.7 Å². The number of esters is 1. The van der Waals surface area contributed by atoms with Gasteiger partial charge in [0.2, 0.25) is 5.91 Å². The van der Waals surface area contributed by atoms with Gasteiger partial charge >= 0.3 is 5.97 Å². The van der Waals surface area contributed by atoms with Crippen molar-refractivity contribution in [1.82, 2.24) is 14.8 Å². The summed E-state index contributed by atoms with van der Waals surface area (Å²) in [6, 6.07) is 16.8. The van der Waals surface area contributed by atoms with Crippen LogP contribution in [0.4, 0.5) is 5.00 Å². The zero-order valence-corrected chi connectivity index (χ0v) is 20.8. The van der Waals surface area contributed by atoms with Crippen molar-refractivity contribution >= 4 is 51.6 Å². The molecular weight excluding hydrogens is 492 g/mol. The lowest BCUT2D eigenvalue weighted by atomic mass is 10.0. The molecule has 2 aromatic heterocycles. The lowest BCUT2D eigenvalue weighted by molar-refractivity contribution is -0.113. The van der Waals surface area contributed by atoms with Crippen molar-refractivity contribution in [1.29, 1.82) is 0 Å². The molecular formula is C24H21ClN4O3S2. The minimum Gasteiger partial charge on any atom is -0.462 e. The molecule has 0 fully saturated rings. The number of nitrogens with zero attached hydrogens (tertiary/aromatic N) is 3. The van der Waals surface area contributed by atoms with Crippen LogP contribution in [-0.2, 0) is 16.6 Å². The van der Waals surface area contributed by atoms with E-state index in [4.69, 9.17) is 16.3 Å². The van der Waals surface area contributed by atoms with Crippen LogP contribution in [0.3, 0.4) is 0 Å². The molecule has 34 heavy (non-hydrogen) atoms. The molecule has 0 radical (unpaired) electrons. The van der Waals surface area contributed by atoms with Gasteiger partial charge in [0, 0.05) is 28.6 Å². The Labute approximate surface area is 210 Å². The fraction of sp³-hybridized carbons (Fsp3) is 0.167. The molecule has 0 bridgehead atoms. The molecule has 1 amide bonds. The van der Waals surface area contributed by atoms with Gasteiger partial charge in [0.25, 0.3) is 0 Å². The quantitative estimate of drug-likeness (QED) is 0.238. The third kappa shape index (κ3) is 5.32. The van der Waals surface area contributed by atoms with Gasteiger partial charge in [0.1, 0.15) is 10.6 Å². The number of anilines is 1. The third-order valence-corrected chi connectivity index (χ3v) is 7.05. The average molecular weight is 513 g/mol. The van der Waals surface area contributed by atoms with Crippen LogP contribution in [0.1, 0.15) is 17.3 Å². The lowest BCUT2D eigenvalue weighted by Gasteiger charge is -2.09. The molecule has 2 aromatic carbocycles. The van der Waals surface area contributed by atoms with Crippen LogP contribution in [0, 0.1) is 0 Å². The van der Waals surface area contributed by atoms with Crippen LogP contribution >= 0.6 is 34.7 Å². The highest BCUT2D eigenvalue weighted by atomic mass is 35.5. The molecule has 1 N–H and O–H groups in total. The molecule has 10 heteroatoms. The van der Waals surface area contributed by atoms with Gasteiger partial charge in [-0.25, -0.2) is 4.79 Å². The minimum absolute atomic E-state index is 0.105. The zero-order valence-electron chi connectivity index (χ0n) is 18.4. The predicted molar refractivity (Wildman–Crippen MR) is 137 cm³/mol. The Morgan fingerprint density at radius 1 is 1.09 bits per heavy atom. The maximum Gasteiger partial charge on any atom is 0.341 e. The number of benzene rings is 2. The Morgan fingerprint density at radius 3 is 2.53 bits per heavy atom. The summed E-state index contributed by atoms with van der Waals surface area (Å²) in [5.74, 6) is 0.0578. The first kappa shape index (κ1) is 24.0. The zero-order chi connectivity index (χ0) is 24.1. The summed E-state index contributed by atoms with van der Waals surface area (Å²) in [6.07, 6.45) is 0. The molecule has 0 unspecified atom stereocenters. The van der Waals surface area contributed by atoms with Crippen LogP contribution in [0.5, 0.6) is 0 Å². The van der Waals surface area contributed by atoms with Crippen LogP contribution in [-0.4, -0.2) is 39.0 Å². The van der Waals surface area contributed by atoms with E-state index in [-0.39, 0.29) is 18.3 Å². The molecule has 7 nitrogen and oxygen atoms in total. The van der Waals surface area contributed by atoms with Crippen molar-refractivity contribution in [2.45, 2.75) is 12.1 Å². The number of rotatable bonds is 8. The molecule has 4 rings (SSSR count). The smallest absolute Gasteiger partial charge is 0.341 e. The van der Waals surface area contributed by atoms with E-state index < -0.39 is 5.97 Å². The molecule has 0 saturated heterocycles. The van der Waals surface area contributed by atoms with E-state index in [1.807, 2.05) is 59.5 Å². The van der Waals surface area contributed by atoms with Crippen LogP contribution in [0.25, 0.3) is 22.5 Å². The number of hydrogen-bond acceptors (Lipinski definition) is 7. The monoisotopic (exact) mass is 512 g/mol. The molecule has 0 saturated carbocycles. The third-order valence-electron chi connectivity index (χ3n) is 4.88. The van der Waals surface area contributed by atoms with E-state index >= 15 is 0 Å². The highest BCUT2D eigenvalue weighted by Crippen LogP contribution is 2.36. The number of hydrogen-bond donors (Lipinski definition) is 1. The lowest BCUT2D eigenvalue weighted by Crippen LogP contribution is -2.16. The summed E-state index contributed by atoms with van der Waals surface area (Å²) >= 11 is 8.52. The van der Waals surface area contributed by atoms with Crippen molar-refractivity contribution in [2.24, 2.45) is 7.05 Å². The summed E-state index contributed by atoms with van der Waals surface area (Å²) in [4.78, 5) is 25.4. The number of thioether (sulfide) groups is 1. The first-order valence-electron chi connectivity index (χ1n) is 10.4. The Balaban J connectivity index is 1.48. The first-order valence-corrected chi connectivity index (χ1v) is 12.6. The molecule has 0 aliphatic carbocycles. The number of aromatic nitrogens is 3. The minimum atomic E-state index is -0.466. The SMILES string of the molecule is CCOC(=O)c1c(-c2ccccc2)csc1NC(=O)CSc1nnc(-c2ccc(Cl)cc2)n1C. The van der Waals surface area contributed by atoms with Gasteiger partial charge < -0.3 is 14.6 Å². The number of carbonyl (C=O) groups excluding carboxylic acids is 2. The van der Waals surface area contributed by atoms with Gasteiger partial charge in [-0.05, 0) is 36.8 Å². The normalized spacial score (nSPS) is 10.8. The Kier molecular flexibility index (Phi) is 7.66. The Morgan fingerprint density at radius 2 is 1.82 bits per heavy atom. The number of nitrogens with one attached hydrogen (secondary N) is 1. The van der Waals surface area contributed by atoms with Crippen LogP contribution < -0.4 is 5.32 Å². The molecule has 2 heterocycles. The van der Waals surface area contributed by atoms with Crippen molar-refractivity contribution in [2.75, 3.05) is 17.7 Å². The summed E-state index contributed by atoms with van der Waals surface area (Å²) in [7, 11) is 1.84. The van der Waals surface area contributed by atoms with Gasteiger partial charge in [0.15, 0.2) is 11.0 Å². The Hall–Kier alpha value is -3.14. The van der Waals surface area contributed by atoms with Gasteiger partial charge in [0.05, 0.1) is 12.4 Å². The summed E-state index contributed by atoms with van der Waals surface area (Å²) in [6.45, 7) is 1.99. The predicted octanol–water partition coefficient (Wildman–Crippen LogP) is 5.77. The van der Waals surface area contributed by atoms with Crippen LogP contribution in [0.2, 0.25) is 5.02 Å². The highest BCUT2D eigenvalue weighted by molar-refractivity contribution is 7.99. The molecule has 4 aromatic rings. The topological polar surface area (TPSA) is 86.1 Å². The fourth-order valence-electron chi connectivity index (χ4n) is 3.27. The van der Waals surface area contributed by atoms with Crippen molar-refractivity contribution < 1.29 is 14.3 Å². The number of ether oxygens (including phenoxy) is 1. The highest BCUT2D eigenvalue weighted by Gasteiger charge is 2.23. The Bertz CT molecular complexity index is 1300. The van der Waals surface area contributed by atoms with Gasteiger partial charge in [-0.3, -0.25) is 4.79 Å². The van der Waals surface area contributed by atoms with Crippen molar-refractivity contribution in [3.05, 3.63) is 70.6 Å². The van der Waals surface area contributed by atoms with Gasteiger partial charge in [-0.2, -0.15) is 0 Å².